The molecule has 0 aromatic carbocycles. The molecule has 1 aliphatic carbocycles. The second kappa shape index (κ2) is 6.33. The average molecular weight is 314 g/mol. The highest BCUT2D eigenvalue weighted by atomic mass is 35.5. The van der Waals surface area contributed by atoms with Gasteiger partial charge in [0.2, 0.25) is 5.91 Å². The molecule has 0 bridgehead atoms. The zero-order chi connectivity index (χ0) is 14.8. The fourth-order valence-electron chi connectivity index (χ4n) is 2.16. The van der Waals surface area contributed by atoms with E-state index >= 15 is 0 Å². The molecule has 0 spiro atoms. The second-order valence-corrected chi connectivity index (χ2v) is 7.46. The summed E-state index contributed by atoms with van der Waals surface area (Å²) in [5.74, 6) is -0.291. The third-order valence-corrected chi connectivity index (χ3v) is 4.64. The van der Waals surface area contributed by atoms with Crippen LogP contribution in [0.4, 0.5) is 0 Å². The van der Waals surface area contributed by atoms with E-state index in [0.29, 0.717) is 17.5 Å². The third-order valence-electron chi connectivity index (χ3n) is 3.36. The van der Waals surface area contributed by atoms with E-state index in [0.717, 1.165) is 17.9 Å². The van der Waals surface area contributed by atoms with Crippen molar-refractivity contribution in [3.05, 3.63) is 23.4 Å². The van der Waals surface area contributed by atoms with Gasteiger partial charge in [-0.3, -0.25) is 4.79 Å². The maximum atomic E-state index is 11.7. The first-order valence-corrected chi connectivity index (χ1v) is 8.00. The molecule has 3 N–H and O–H groups in total. The van der Waals surface area contributed by atoms with E-state index in [1.807, 2.05) is 19.1 Å². The number of carbonyl (C=O) groups excluding carboxylic acids is 1. The van der Waals surface area contributed by atoms with Gasteiger partial charge in [-0.05, 0) is 38.3 Å². The van der Waals surface area contributed by atoms with E-state index < -0.39 is 5.54 Å². The van der Waals surface area contributed by atoms with Crippen molar-refractivity contribution in [2.45, 2.75) is 55.0 Å². The Morgan fingerprint density at radius 1 is 1.65 bits per heavy atom. The number of hydrogen-bond acceptors (Lipinski definition) is 4. The Morgan fingerprint density at radius 2 is 2.35 bits per heavy atom. The van der Waals surface area contributed by atoms with E-state index in [-0.39, 0.29) is 11.2 Å². The highest BCUT2D eigenvalue weighted by Gasteiger charge is 2.38. The Balaban J connectivity index is 1.95. The molecule has 1 aromatic heterocycles. The van der Waals surface area contributed by atoms with Crippen LogP contribution in [-0.2, 0) is 4.79 Å². The molecule has 2 atom stereocenters. The summed E-state index contributed by atoms with van der Waals surface area (Å²) in [7, 11) is 0. The molecule has 0 radical (unpaired) electrons. The monoisotopic (exact) mass is 313 g/mol. The van der Waals surface area contributed by atoms with Gasteiger partial charge < -0.3 is 11.1 Å². The van der Waals surface area contributed by atoms with Gasteiger partial charge in [-0.1, -0.05) is 18.5 Å². The minimum absolute atomic E-state index is 0.229. The molecule has 1 heterocycles. The van der Waals surface area contributed by atoms with Crippen molar-refractivity contribution >= 4 is 29.3 Å². The van der Waals surface area contributed by atoms with Gasteiger partial charge in [0.05, 0.1) is 15.6 Å². The normalized spacial score (nSPS) is 19.4. The molecule has 6 heteroatoms. The minimum Gasteiger partial charge on any atom is -0.368 e. The largest absolute Gasteiger partial charge is 0.368 e. The van der Waals surface area contributed by atoms with Gasteiger partial charge in [-0.2, -0.15) is 0 Å². The molecule has 110 valence electrons. The van der Waals surface area contributed by atoms with E-state index in [4.69, 9.17) is 17.3 Å². The lowest BCUT2D eigenvalue weighted by molar-refractivity contribution is -0.124. The Bertz CT molecular complexity index is 478. The number of nitrogens with zero attached hydrogens (tertiary/aromatic N) is 1. The number of hydrogen-bond donors (Lipinski definition) is 2. The Kier molecular flexibility index (Phi) is 4.94. The van der Waals surface area contributed by atoms with Crippen LogP contribution in [0.2, 0.25) is 5.02 Å². The highest BCUT2D eigenvalue weighted by molar-refractivity contribution is 7.99. The zero-order valence-corrected chi connectivity index (χ0v) is 13.3. The lowest BCUT2D eigenvalue weighted by atomic mass is 9.95. The van der Waals surface area contributed by atoms with Crippen LogP contribution in [-0.4, -0.2) is 27.7 Å². The average Bonchev–Trinajstić information content (AvgIpc) is 3.15. The summed E-state index contributed by atoms with van der Waals surface area (Å²) in [6.45, 7) is 3.97. The van der Waals surface area contributed by atoms with E-state index in [2.05, 4.69) is 17.2 Å². The van der Waals surface area contributed by atoms with Crippen LogP contribution in [0.5, 0.6) is 0 Å². The predicted octanol–water partition coefficient (Wildman–Crippen LogP) is 2.60. The minimum atomic E-state index is -0.653. The van der Waals surface area contributed by atoms with Gasteiger partial charge in [-0.25, -0.2) is 4.98 Å². The van der Waals surface area contributed by atoms with Gasteiger partial charge in [0, 0.05) is 17.5 Å². The molecule has 1 aliphatic rings. The SMILES string of the molecule is CC(CC(C)(NC1CC1)C(N)=O)Sc1ccc(Cl)cn1. The summed E-state index contributed by atoms with van der Waals surface area (Å²) in [6.07, 6.45) is 4.56. The smallest absolute Gasteiger partial charge is 0.237 e. The van der Waals surface area contributed by atoms with E-state index in [9.17, 15) is 4.79 Å². The van der Waals surface area contributed by atoms with E-state index in [1.54, 1.807) is 18.0 Å². The molecule has 2 unspecified atom stereocenters. The second-order valence-electron chi connectivity index (χ2n) is 5.56. The van der Waals surface area contributed by atoms with E-state index in [1.165, 1.54) is 0 Å². The topological polar surface area (TPSA) is 68.0 Å². The number of thioether (sulfide) groups is 1. The number of primary amides is 1. The number of aromatic nitrogens is 1. The lowest BCUT2D eigenvalue weighted by Crippen LogP contribution is -2.55. The Morgan fingerprint density at radius 3 is 2.85 bits per heavy atom. The summed E-state index contributed by atoms with van der Waals surface area (Å²) in [5.41, 5.74) is 4.91. The summed E-state index contributed by atoms with van der Waals surface area (Å²) in [4.78, 5) is 16.0. The maximum absolute atomic E-state index is 11.7. The molecule has 20 heavy (non-hydrogen) atoms. The summed E-state index contributed by atoms with van der Waals surface area (Å²) in [5, 5.41) is 5.12. The van der Waals surface area contributed by atoms with Gasteiger partial charge in [0.25, 0.3) is 0 Å². The van der Waals surface area contributed by atoms with Crippen molar-refractivity contribution in [3.8, 4) is 0 Å². The lowest BCUT2D eigenvalue weighted by Gasteiger charge is -2.30. The van der Waals surface area contributed by atoms with Crippen molar-refractivity contribution in [3.63, 3.8) is 0 Å². The molecule has 1 amide bonds. The molecule has 1 saturated carbocycles. The number of nitrogens with one attached hydrogen (secondary N) is 1. The van der Waals surface area contributed by atoms with Crippen LogP contribution < -0.4 is 11.1 Å². The first kappa shape index (κ1) is 15.6. The third kappa shape index (κ3) is 4.36. The number of carbonyl (C=O) groups is 1. The number of halogens is 1. The number of amides is 1. The Hall–Kier alpha value is -0.780. The highest BCUT2D eigenvalue weighted by Crippen LogP contribution is 2.30. The molecule has 4 nitrogen and oxygen atoms in total. The van der Waals surface area contributed by atoms with Crippen LogP contribution in [0.25, 0.3) is 0 Å². The molecule has 0 aliphatic heterocycles. The first-order valence-electron chi connectivity index (χ1n) is 6.75. The number of pyridine rings is 1. The number of rotatable bonds is 7. The van der Waals surface area contributed by atoms with Crippen LogP contribution in [0.1, 0.15) is 33.1 Å². The molecule has 1 fully saturated rings. The maximum Gasteiger partial charge on any atom is 0.237 e. The van der Waals surface area contributed by atoms with Gasteiger partial charge in [0.15, 0.2) is 0 Å². The fraction of sp³-hybridized carbons (Fsp3) is 0.571. The molecule has 0 saturated heterocycles. The van der Waals surface area contributed by atoms with Crippen molar-refractivity contribution in [1.29, 1.82) is 0 Å². The zero-order valence-electron chi connectivity index (χ0n) is 11.7. The van der Waals surface area contributed by atoms with Crippen LogP contribution in [0.15, 0.2) is 23.4 Å². The molecule has 1 aromatic rings. The Labute approximate surface area is 128 Å². The van der Waals surface area contributed by atoms with Crippen molar-refractivity contribution in [2.24, 2.45) is 5.73 Å². The van der Waals surface area contributed by atoms with Crippen molar-refractivity contribution < 1.29 is 4.79 Å². The van der Waals surface area contributed by atoms with Crippen LogP contribution in [0.3, 0.4) is 0 Å². The summed E-state index contributed by atoms with van der Waals surface area (Å²) >= 11 is 7.44. The molecule has 2 rings (SSSR count). The quantitative estimate of drug-likeness (QED) is 0.759. The van der Waals surface area contributed by atoms with Crippen LogP contribution >= 0.6 is 23.4 Å². The van der Waals surface area contributed by atoms with Gasteiger partial charge in [0.1, 0.15) is 0 Å². The van der Waals surface area contributed by atoms with Crippen molar-refractivity contribution in [1.82, 2.24) is 10.3 Å². The van der Waals surface area contributed by atoms with Gasteiger partial charge >= 0.3 is 0 Å². The fourth-order valence-corrected chi connectivity index (χ4v) is 3.36. The summed E-state index contributed by atoms with van der Waals surface area (Å²) in [6, 6.07) is 4.15. The van der Waals surface area contributed by atoms with Gasteiger partial charge in [-0.15, -0.1) is 11.8 Å². The molecular formula is C14H20ClN3OS. The summed E-state index contributed by atoms with van der Waals surface area (Å²) < 4.78 is 0. The van der Waals surface area contributed by atoms with Crippen molar-refractivity contribution in [2.75, 3.05) is 0 Å². The number of nitrogens with two attached hydrogens (primary N) is 1. The predicted molar refractivity (Wildman–Crippen MR) is 82.9 cm³/mol. The standard InChI is InChI=1S/C14H20ClN3OS/c1-9(20-12-6-3-10(15)8-17-12)7-14(2,13(16)19)18-11-4-5-11/h3,6,8-9,11,18H,4-5,7H2,1-2H3,(H2,16,19). The first-order chi connectivity index (χ1) is 9.39. The van der Waals surface area contributed by atoms with Crippen LogP contribution in [0, 0.1) is 0 Å². The molecular weight excluding hydrogens is 294 g/mol.